The van der Waals surface area contributed by atoms with Gasteiger partial charge in [-0.2, -0.15) is 0 Å². The van der Waals surface area contributed by atoms with E-state index in [1.54, 1.807) is 7.11 Å². The molecule has 7 aliphatic rings. The number of hydrogen-bond acceptors (Lipinski definition) is 8. The fraction of sp³-hybridized carbons (Fsp3) is 0.786. The van der Waals surface area contributed by atoms with Gasteiger partial charge in [-0.15, -0.1) is 0 Å². The zero-order chi connectivity index (χ0) is 25.0. The lowest BCUT2D eigenvalue weighted by Crippen LogP contribution is -2.51. The van der Waals surface area contributed by atoms with Crippen molar-refractivity contribution in [1.29, 1.82) is 0 Å². The van der Waals surface area contributed by atoms with E-state index in [0.29, 0.717) is 26.1 Å². The molecule has 2 N–H and O–H groups in total. The minimum Gasteiger partial charge on any atom is -0.491 e. The fourth-order valence-electron chi connectivity index (χ4n) is 8.52. The molecule has 12 atom stereocenters. The number of aliphatic hydroxyl groups excluding tert-OH is 2. The van der Waals surface area contributed by atoms with E-state index in [0.717, 1.165) is 18.6 Å². The Morgan fingerprint density at radius 2 is 1.97 bits per heavy atom. The maximum Gasteiger partial charge on any atom is 0.173 e. The van der Waals surface area contributed by atoms with Gasteiger partial charge in [-0.1, -0.05) is 19.1 Å². The minimum absolute atomic E-state index is 0.0546. The number of methoxy groups -OCH3 is 1. The average Bonchev–Trinajstić information content (AvgIpc) is 3.47. The Morgan fingerprint density at radius 3 is 2.78 bits per heavy atom. The second kappa shape index (κ2) is 7.88. The predicted octanol–water partition coefficient (Wildman–Crippen LogP) is 2.59. The number of ether oxygens (including phenoxy) is 6. The zero-order valence-corrected chi connectivity index (χ0v) is 21.5. The van der Waals surface area contributed by atoms with Gasteiger partial charge in [0.1, 0.15) is 24.1 Å². The van der Waals surface area contributed by atoms with E-state index >= 15 is 0 Å². The third-order valence-electron chi connectivity index (χ3n) is 10.4. The second-order valence-electron chi connectivity index (χ2n) is 12.3. The molecule has 0 aromatic carbocycles. The van der Waals surface area contributed by atoms with E-state index < -0.39 is 36.5 Å². The zero-order valence-electron chi connectivity index (χ0n) is 21.5. The molecule has 0 amide bonds. The summed E-state index contributed by atoms with van der Waals surface area (Å²) in [4.78, 5) is 0. The van der Waals surface area contributed by atoms with Crippen LogP contribution in [-0.4, -0.2) is 79.2 Å². The number of hydrogen-bond donors (Lipinski definition) is 2. The molecule has 198 valence electrons. The molecule has 4 saturated heterocycles. The highest BCUT2D eigenvalue weighted by molar-refractivity contribution is 5.49. The van der Waals surface area contributed by atoms with Crippen molar-refractivity contribution in [2.75, 3.05) is 20.3 Å². The summed E-state index contributed by atoms with van der Waals surface area (Å²) in [6, 6.07) is 0. The Morgan fingerprint density at radius 1 is 1.14 bits per heavy atom. The van der Waals surface area contributed by atoms with Crippen LogP contribution in [0.4, 0.5) is 0 Å². The molecular formula is C28H38O8. The predicted molar refractivity (Wildman–Crippen MR) is 127 cm³/mol. The standard InChI is InChI=1S/C28H38O8/c1-14-23(30)20(31-4)10-22(34-14)35-19-9-15-5-6-16-17(26(15,2)11-18(19)29)7-8-28-13-33-27(3)24(28)21(12-32-27)36-25(16)28/h5-6,9,14,17-24,29-30H,7-8,10-13H2,1-4H3. The molecule has 0 bridgehead atoms. The van der Waals surface area contributed by atoms with Crippen LogP contribution in [0.25, 0.3) is 0 Å². The summed E-state index contributed by atoms with van der Waals surface area (Å²) in [7, 11) is 1.59. The van der Waals surface area contributed by atoms with Gasteiger partial charge < -0.3 is 38.6 Å². The van der Waals surface area contributed by atoms with Crippen molar-refractivity contribution in [3.63, 3.8) is 0 Å². The first-order chi connectivity index (χ1) is 17.2. The molecule has 8 heteroatoms. The van der Waals surface area contributed by atoms with Crippen molar-refractivity contribution >= 4 is 0 Å². The van der Waals surface area contributed by atoms with Gasteiger partial charge in [-0.3, -0.25) is 0 Å². The first-order valence-corrected chi connectivity index (χ1v) is 13.5. The summed E-state index contributed by atoms with van der Waals surface area (Å²) in [5, 5.41) is 21.6. The third kappa shape index (κ3) is 3.06. The van der Waals surface area contributed by atoms with Crippen molar-refractivity contribution in [2.45, 2.75) is 95.2 Å². The van der Waals surface area contributed by atoms with Crippen LogP contribution in [0.15, 0.2) is 35.1 Å². The topological polar surface area (TPSA) is 95.8 Å². The molecule has 4 fully saturated rings. The third-order valence-corrected chi connectivity index (χ3v) is 10.4. The van der Waals surface area contributed by atoms with Gasteiger partial charge in [-0.05, 0) is 56.3 Å². The maximum atomic E-state index is 11.3. The van der Waals surface area contributed by atoms with Crippen molar-refractivity contribution in [1.82, 2.24) is 0 Å². The van der Waals surface area contributed by atoms with Crippen molar-refractivity contribution < 1.29 is 38.6 Å². The normalized spacial score (nSPS) is 54.9. The lowest BCUT2D eigenvalue weighted by molar-refractivity contribution is -0.267. The number of fused-ring (bicyclic) bond motifs is 3. The van der Waals surface area contributed by atoms with Crippen LogP contribution in [-0.2, 0) is 28.4 Å². The fourth-order valence-corrected chi connectivity index (χ4v) is 8.52. The van der Waals surface area contributed by atoms with Crippen molar-refractivity contribution in [3.8, 4) is 0 Å². The first-order valence-electron chi connectivity index (χ1n) is 13.5. The smallest absolute Gasteiger partial charge is 0.173 e. The van der Waals surface area contributed by atoms with Crippen LogP contribution in [0, 0.1) is 22.7 Å². The van der Waals surface area contributed by atoms with Crippen LogP contribution in [0.2, 0.25) is 0 Å². The van der Waals surface area contributed by atoms with Gasteiger partial charge >= 0.3 is 0 Å². The number of aliphatic hydroxyl groups is 2. The van der Waals surface area contributed by atoms with Gasteiger partial charge in [0.25, 0.3) is 0 Å². The molecule has 8 nitrogen and oxygen atoms in total. The lowest BCUT2D eigenvalue weighted by Gasteiger charge is -2.51. The van der Waals surface area contributed by atoms with E-state index in [9.17, 15) is 10.2 Å². The molecule has 12 unspecified atom stereocenters. The van der Waals surface area contributed by atoms with E-state index in [1.807, 2.05) is 6.92 Å². The van der Waals surface area contributed by atoms with E-state index in [-0.39, 0.29) is 34.9 Å². The summed E-state index contributed by atoms with van der Waals surface area (Å²) in [5.74, 6) is 1.08. The van der Waals surface area contributed by atoms with Gasteiger partial charge in [-0.25, -0.2) is 0 Å². The summed E-state index contributed by atoms with van der Waals surface area (Å²) in [5.41, 5.74) is 2.17. The number of allylic oxidation sites excluding steroid dienone is 4. The van der Waals surface area contributed by atoms with Crippen LogP contribution in [0.5, 0.6) is 0 Å². The van der Waals surface area contributed by atoms with E-state index in [1.165, 1.54) is 11.1 Å². The molecule has 3 aliphatic carbocycles. The van der Waals surface area contributed by atoms with Crippen LogP contribution in [0.1, 0.15) is 46.5 Å². The average molecular weight is 503 g/mol. The maximum absolute atomic E-state index is 11.3. The quantitative estimate of drug-likeness (QED) is 0.608. The summed E-state index contributed by atoms with van der Waals surface area (Å²) in [6.45, 7) is 7.39. The molecule has 7 rings (SSSR count). The Labute approximate surface area is 212 Å². The second-order valence-corrected chi connectivity index (χ2v) is 12.3. The monoisotopic (exact) mass is 502 g/mol. The summed E-state index contributed by atoms with van der Waals surface area (Å²) in [6.07, 6.45) is 6.49. The van der Waals surface area contributed by atoms with Gasteiger partial charge in [0.05, 0.1) is 42.9 Å². The first kappa shape index (κ1) is 23.8. The van der Waals surface area contributed by atoms with Crippen molar-refractivity contribution in [3.05, 3.63) is 35.1 Å². The molecular weight excluding hydrogens is 464 g/mol. The van der Waals surface area contributed by atoms with E-state index in [4.69, 9.17) is 28.4 Å². The summed E-state index contributed by atoms with van der Waals surface area (Å²) >= 11 is 0. The van der Waals surface area contributed by atoms with Crippen LogP contribution in [0.3, 0.4) is 0 Å². The molecule has 0 saturated carbocycles. The Kier molecular flexibility index (Phi) is 5.22. The molecule has 36 heavy (non-hydrogen) atoms. The molecule has 0 aromatic heterocycles. The molecule has 4 aliphatic heterocycles. The molecule has 4 heterocycles. The summed E-state index contributed by atoms with van der Waals surface area (Å²) < 4.78 is 36.5. The molecule has 1 spiro atoms. The Hall–Kier alpha value is -1.26. The minimum atomic E-state index is -0.692. The Bertz CT molecular complexity index is 1040. The highest BCUT2D eigenvalue weighted by Crippen LogP contribution is 2.68. The largest absolute Gasteiger partial charge is 0.491 e. The highest BCUT2D eigenvalue weighted by atomic mass is 16.7. The lowest BCUT2D eigenvalue weighted by atomic mass is 9.54. The van der Waals surface area contributed by atoms with Crippen LogP contribution < -0.4 is 0 Å². The molecule has 0 aromatic rings. The van der Waals surface area contributed by atoms with Gasteiger partial charge in [0, 0.05) is 18.9 Å². The highest BCUT2D eigenvalue weighted by Gasteiger charge is 2.72. The number of rotatable bonds is 3. The van der Waals surface area contributed by atoms with Gasteiger partial charge in [0.2, 0.25) is 0 Å². The van der Waals surface area contributed by atoms with E-state index in [2.05, 4.69) is 32.1 Å². The van der Waals surface area contributed by atoms with Crippen molar-refractivity contribution in [2.24, 2.45) is 22.7 Å². The van der Waals surface area contributed by atoms with Gasteiger partial charge in [0.15, 0.2) is 12.1 Å². The van der Waals surface area contributed by atoms with Crippen LogP contribution >= 0.6 is 0 Å². The molecule has 0 radical (unpaired) electrons. The SMILES string of the molecule is COC1CC(OC2C=C3C=CC4=C5OC6COC7(C)OCC5(CCC4C3(C)CC2O)C67)OC(C)C1O. The Balaban J connectivity index is 1.18.